The summed E-state index contributed by atoms with van der Waals surface area (Å²) in [6.07, 6.45) is 0. The van der Waals surface area contributed by atoms with Crippen LogP contribution in [0.2, 0.25) is 0 Å². The summed E-state index contributed by atoms with van der Waals surface area (Å²) < 4.78 is 22.2. The van der Waals surface area contributed by atoms with Gasteiger partial charge in [-0.05, 0) is 0 Å². The summed E-state index contributed by atoms with van der Waals surface area (Å²) in [6, 6.07) is 0. The van der Waals surface area contributed by atoms with Gasteiger partial charge in [0.05, 0.1) is 0 Å². The minimum atomic E-state index is -5.05. The zero-order valence-electron chi connectivity index (χ0n) is 8.26. The maximum absolute atomic E-state index is 9.63. The molecule has 0 aromatic rings. The molecule has 0 rings (SSSR count). The van der Waals surface area contributed by atoms with E-state index in [1.54, 1.807) is 0 Å². The molecular weight excluding hydrogens is 244 g/mol. The molecule has 0 saturated carbocycles. The number of phosphoric acid groups is 2. The van der Waals surface area contributed by atoms with E-state index in [1.807, 2.05) is 0 Å². The summed E-state index contributed by atoms with van der Waals surface area (Å²) in [5.74, 6) is 0. The third kappa shape index (κ3) is 22.7. The Balaban J connectivity index is -0.0000000320. The average molecular weight is 250 g/mol. The summed E-state index contributed by atoms with van der Waals surface area (Å²) in [7, 11) is -10.1. The maximum Gasteiger partial charge on any atom is 1.00 e. The van der Waals surface area contributed by atoms with Crippen molar-refractivity contribution in [3.05, 3.63) is 0 Å². The van der Waals surface area contributed by atoms with Crippen molar-refractivity contribution in [2.24, 2.45) is 0 Å². The maximum atomic E-state index is 9.63. The van der Waals surface area contributed by atoms with E-state index < -0.39 is 15.6 Å². The first-order valence-electron chi connectivity index (χ1n) is 1.53. The monoisotopic (exact) mass is 250 g/mol. The van der Waals surface area contributed by atoms with E-state index in [0.29, 0.717) is 0 Å². The largest absolute Gasteiger partial charge is 1.00 e. The summed E-state index contributed by atoms with van der Waals surface area (Å²) in [6.45, 7) is 0. The Morgan fingerprint density at radius 1 is 0.917 bits per heavy atom. The van der Waals surface area contributed by atoms with E-state index in [2.05, 4.69) is 4.31 Å². The van der Waals surface area contributed by atoms with Gasteiger partial charge < -0.3 is 22.4 Å². The van der Waals surface area contributed by atoms with Gasteiger partial charge in [-0.25, -0.2) is 9.13 Å². The molecule has 0 aliphatic carbocycles. The van der Waals surface area contributed by atoms with Crippen molar-refractivity contribution in [2.75, 3.05) is 0 Å². The fraction of sp³-hybridized carbons (Fsp3) is 0. The van der Waals surface area contributed by atoms with Gasteiger partial charge in [0.2, 0.25) is 0 Å². The van der Waals surface area contributed by atoms with Gasteiger partial charge in [0.1, 0.15) is 0 Å². The average Bonchev–Trinajstić information content (AvgIpc) is 1.14. The Kier molecular flexibility index (Phi) is 16.3. The van der Waals surface area contributed by atoms with Crippen molar-refractivity contribution in [2.45, 2.75) is 0 Å². The van der Waals surface area contributed by atoms with E-state index in [1.165, 1.54) is 0 Å². The van der Waals surface area contributed by atoms with Gasteiger partial charge in [0, 0.05) is 17.1 Å². The second kappa shape index (κ2) is 8.30. The van der Waals surface area contributed by atoms with Crippen molar-refractivity contribution < 1.29 is 90.7 Å². The topological polar surface area (TPSA) is 124 Å². The Morgan fingerprint density at radius 2 is 1.08 bits per heavy atom. The zero-order valence-corrected chi connectivity index (χ0v) is 9.15. The van der Waals surface area contributed by atoms with Gasteiger partial charge in [-0.1, -0.05) is 0 Å². The summed E-state index contributed by atoms with van der Waals surface area (Å²) in [4.78, 5) is 31.0. The van der Waals surface area contributed by atoms with Crippen LogP contribution in [0.25, 0.3) is 0 Å². The van der Waals surface area contributed by atoms with E-state index in [4.69, 9.17) is 19.6 Å². The Morgan fingerprint density at radius 3 is 1.08 bits per heavy atom. The van der Waals surface area contributed by atoms with E-state index in [-0.39, 0.29) is 57.6 Å². The summed E-state index contributed by atoms with van der Waals surface area (Å²) in [5, 5.41) is 0. The van der Waals surface area contributed by atoms with Crippen molar-refractivity contribution in [1.82, 2.24) is 0 Å². The number of hydrogen-bond acceptors (Lipinski definition) is 3. The molecule has 68 valence electrons. The van der Waals surface area contributed by atoms with E-state index in [0.717, 1.165) is 0 Å². The van der Waals surface area contributed by atoms with Crippen LogP contribution in [0.15, 0.2) is 0 Å². The van der Waals surface area contributed by atoms with Crippen molar-refractivity contribution in [1.29, 1.82) is 0 Å². The molecule has 7 nitrogen and oxygen atoms in total. The fourth-order valence-corrected chi connectivity index (χ4v) is 1.25. The summed E-state index contributed by atoms with van der Waals surface area (Å²) >= 11 is 0. The molecule has 0 radical (unpaired) electrons. The molecule has 0 bridgehead atoms. The Labute approximate surface area is 106 Å². The van der Waals surface area contributed by atoms with Crippen LogP contribution in [0.5, 0.6) is 0 Å². The molecule has 0 aliphatic heterocycles. The zero-order chi connectivity index (χ0) is 7.71. The summed E-state index contributed by atoms with van der Waals surface area (Å²) in [5.41, 5.74) is 0. The minimum absolute atomic E-state index is 0. The van der Waals surface area contributed by atoms with Crippen LogP contribution in [0.3, 0.4) is 0 Å². The van der Waals surface area contributed by atoms with Crippen molar-refractivity contribution in [3.8, 4) is 0 Å². The van der Waals surface area contributed by atoms with Crippen LogP contribution in [-0.4, -0.2) is 19.6 Å². The third-order valence-corrected chi connectivity index (χ3v) is 1.91. The molecule has 0 heterocycles. The van der Waals surface area contributed by atoms with Gasteiger partial charge in [-0.2, -0.15) is 4.31 Å². The molecule has 4 N–H and O–H groups in total. The van der Waals surface area contributed by atoms with Crippen LogP contribution in [-0.2, 0) is 30.5 Å². The molecule has 0 amide bonds. The fourth-order valence-electron chi connectivity index (χ4n) is 0.139. The molecule has 0 unspecified atom stereocenters. The first-order chi connectivity index (χ1) is 3.71. The van der Waals surface area contributed by atoms with Gasteiger partial charge in [-0.3, -0.25) is 0 Å². The normalized spacial score (nSPS) is 10.3. The Hall–Kier alpha value is 1.97. The van der Waals surface area contributed by atoms with Crippen LogP contribution in [0.4, 0.5) is 0 Å². The molecule has 12 heteroatoms. The predicted molar refractivity (Wildman–Crippen MR) is 27.4 cm³/mol. The third-order valence-electron chi connectivity index (χ3n) is 0.213. The smallest absolute Gasteiger partial charge is 1.00 e. The standard InChI is InChI=1S/Fe.2Li.H4O7P2.2H/c;;;1-8(2,3)7-9(4,5)6;;/h;;;(H2,1,2,3)(H2,4,5,6);;/q;2*+1;;2*-1. The number of hydrogen-bond donors (Lipinski definition) is 4. The SMILES string of the molecule is O=P(O)(O)OP(=O)(O)O.[Fe].[H-].[H-].[Li+].[Li+]. The molecule has 0 fully saturated rings. The van der Waals surface area contributed by atoms with E-state index >= 15 is 0 Å². The Bertz CT molecular complexity index is 168. The molecule has 0 aromatic heterocycles. The van der Waals surface area contributed by atoms with Gasteiger partial charge in [0.15, 0.2) is 0 Å². The van der Waals surface area contributed by atoms with Gasteiger partial charge in [0.25, 0.3) is 0 Å². The molecule has 0 atom stereocenters. The first-order valence-corrected chi connectivity index (χ1v) is 4.59. The molecule has 0 saturated heterocycles. The van der Waals surface area contributed by atoms with Gasteiger partial charge in [-0.15, -0.1) is 0 Å². The molecule has 12 heavy (non-hydrogen) atoms. The van der Waals surface area contributed by atoms with E-state index in [9.17, 15) is 9.13 Å². The van der Waals surface area contributed by atoms with Crippen molar-refractivity contribution >= 4 is 15.6 Å². The quantitative estimate of drug-likeness (QED) is 0.283. The molecule has 0 aromatic carbocycles. The van der Waals surface area contributed by atoms with Crippen LogP contribution in [0.1, 0.15) is 2.85 Å². The first kappa shape index (κ1) is 23.6. The second-order valence-electron chi connectivity index (χ2n) is 1.06. The second-order valence-corrected chi connectivity index (χ2v) is 3.68. The predicted octanol–water partition coefficient (Wildman–Crippen LogP) is -6.58. The molecule has 0 aliphatic rings. The van der Waals surface area contributed by atoms with Crippen molar-refractivity contribution in [3.63, 3.8) is 0 Å². The molecular formula is H6FeLi2O7P2. The van der Waals surface area contributed by atoms with Crippen LogP contribution < -0.4 is 37.7 Å². The van der Waals surface area contributed by atoms with Crippen LogP contribution >= 0.6 is 15.6 Å². The van der Waals surface area contributed by atoms with Gasteiger partial charge >= 0.3 is 53.4 Å². The minimum Gasteiger partial charge on any atom is -1.00 e. The van der Waals surface area contributed by atoms with Crippen LogP contribution in [0, 0.1) is 0 Å². The number of rotatable bonds is 2. The molecule has 0 spiro atoms.